The van der Waals surface area contributed by atoms with Crippen molar-refractivity contribution in [2.75, 3.05) is 7.11 Å². The zero-order valence-electron chi connectivity index (χ0n) is 11.9. The molecule has 0 radical (unpaired) electrons. The van der Waals surface area contributed by atoms with Crippen molar-refractivity contribution in [3.05, 3.63) is 24.0 Å². The average molecular weight is 293 g/mol. The normalized spacial score (nSPS) is 17.3. The third kappa shape index (κ3) is 2.39. The number of para-hydroxylation sites is 1. The Bertz CT molecular complexity index is 585. The molecule has 0 saturated heterocycles. The molecule has 1 saturated carbocycles. The summed E-state index contributed by atoms with van der Waals surface area (Å²) in [6, 6.07) is 6.66. The summed E-state index contributed by atoms with van der Waals surface area (Å²) in [6.07, 6.45) is 7.76. The van der Waals surface area contributed by atoms with E-state index in [4.69, 9.17) is 21.3 Å². The minimum Gasteiger partial charge on any atom is -0.494 e. The Labute approximate surface area is 124 Å². The van der Waals surface area contributed by atoms with Crippen LogP contribution in [-0.4, -0.2) is 16.7 Å². The first-order valence-electron chi connectivity index (χ1n) is 7.45. The third-order valence-corrected chi connectivity index (χ3v) is 4.52. The molecule has 1 aliphatic carbocycles. The van der Waals surface area contributed by atoms with Crippen LogP contribution >= 0.6 is 11.6 Å². The van der Waals surface area contributed by atoms with Crippen molar-refractivity contribution in [2.45, 2.75) is 50.4 Å². The first-order valence-corrected chi connectivity index (χ1v) is 7.98. The maximum Gasteiger partial charge on any atom is 0.146 e. The largest absolute Gasteiger partial charge is 0.494 e. The molecule has 1 aromatic carbocycles. The summed E-state index contributed by atoms with van der Waals surface area (Å²) in [5, 5.41) is 0. The monoisotopic (exact) mass is 292 g/mol. The van der Waals surface area contributed by atoms with E-state index in [0.717, 1.165) is 22.6 Å². The molecule has 0 amide bonds. The highest BCUT2D eigenvalue weighted by atomic mass is 35.5. The van der Waals surface area contributed by atoms with Crippen molar-refractivity contribution in [3.63, 3.8) is 0 Å². The molecule has 0 N–H and O–H groups in total. The van der Waals surface area contributed by atoms with Crippen LogP contribution in [0.25, 0.3) is 11.0 Å². The molecule has 1 heterocycles. The van der Waals surface area contributed by atoms with Gasteiger partial charge in [-0.3, -0.25) is 0 Å². The zero-order chi connectivity index (χ0) is 13.9. The van der Waals surface area contributed by atoms with Gasteiger partial charge in [-0.2, -0.15) is 0 Å². The Morgan fingerprint density at radius 1 is 1.25 bits per heavy atom. The van der Waals surface area contributed by atoms with E-state index in [9.17, 15) is 0 Å². The highest BCUT2D eigenvalue weighted by molar-refractivity contribution is 6.16. The number of nitrogens with zero attached hydrogens (tertiary/aromatic N) is 2. The molecule has 3 rings (SSSR count). The van der Waals surface area contributed by atoms with Gasteiger partial charge in [0.1, 0.15) is 17.1 Å². The lowest BCUT2D eigenvalue weighted by Crippen LogP contribution is -2.11. The number of fused-ring (bicyclic) bond motifs is 1. The van der Waals surface area contributed by atoms with Crippen LogP contribution < -0.4 is 4.74 Å². The summed E-state index contributed by atoms with van der Waals surface area (Å²) >= 11 is 6.13. The molecule has 0 bridgehead atoms. The van der Waals surface area contributed by atoms with Gasteiger partial charge >= 0.3 is 0 Å². The molecule has 4 heteroatoms. The van der Waals surface area contributed by atoms with Crippen molar-refractivity contribution >= 4 is 22.6 Å². The Kier molecular flexibility index (Phi) is 4.16. The lowest BCUT2D eigenvalue weighted by atomic mass is 10.1. The maximum atomic E-state index is 6.13. The number of hydrogen-bond acceptors (Lipinski definition) is 2. The summed E-state index contributed by atoms with van der Waals surface area (Å²) in [7, 11) is 1.69. The number of benzene rings is 1. The standard InChI is InChI=1S/C16H21ClN2O/c1-20-14-10-6-9-13-16(14)18-15(11-17)19(13)12-7-4-2-3-5-8-12/h6,9-10,12H,2-5,7-8,11H2,1H3. The molecule has 0 unspecified atom stereocenters. The quantitative estimate of drug-likeness (QED) is 0.607. The van der Waals surface area contributed by atoms with Gasteiger partial charge in [0.2, 0.25) is 0 Å². The summed E-state index contributed by atoms with van der Waals surface area (Å²) in [6.45, 7) is 0. The second-order valence-corrected chi connectivity index (χ2v) is 5.77. The van der Waals surface area contributed by atoms with Crippen molar-refractivity contribution in [1.82, 2.24) is 9.55 Å². The molecule has 2 aromatic rings. The summed E-state index contributed by atoms with van der Waals surface area (Å²) in [4.78, 5) is 4.71. The SMILES string of the molecule is COc1cccc2c1nc(CCl)n2C1CCCCCC1. The minimum atomic E-state index is 0.453. The van der Waals surface area contributed by atoms with Gasteiger partial charge in [-0.05, 0) is 25.0 Å². The number of halogens is 1. The molecular weight excluding hydrogens is 272 g/mol. The number of rotatable bonds is 3. The highest BCUT2D eigenvalue weighted by Crippen LogP contribution is 2.34. The molecule has 1 aliphatic rings. The van der Waals surface area contributed by atoms with E-state index in [2.05, 4.69) is 10.6 Å². The molecule has 20 heavy (non-hydrogen) atoms. The van der Waals surface area contributed by atoms with Crippen LogP contribution in [0, 0.1) is 0 Å². The molecule has 3 nitrogen and oxygen atoms in total. The van der Waals surface area contributed by atoms with E-state index in [0.29, 0.717) is 11.9 Å². The van der Waals surface area contributed by atoms with Crippen molar-refractivity contribution in [3.8, 4) is 5.75 Å². The Morgan fingerprint density at radius 2 is 2.00 bits per heavy atom. The van der Waals surface area contributed by atoms with Gasteiger partial charge in [-0.15, -0.1) is 11.6 Å². The Morgan fingerprint density at radius 3 is 2.65 bits per heavy atom. The van der Waals surface area contributed by atoms with Crippen molar-refractivity contribution in [1.29, 1.82) is 0 Å². The van der Waals surface area contributed by atoms with Crippen LogP contribution in [0.4, 0.5) is 0 Å². The summed E-state index contributed by atoms with van der Waals surface area (Å²) in [5.41, 5.74) is 2.10. The zero-order valence-corrected chi connectivity index (χ0v) is 12.7. The van der Waals surface area contributed by atoms with Gasteiger partial charge in [0.15, 0.2) is 0 Å². The van der Waals surface area contributed by atoms with Gasteiger partial charge in [-0.25, -0.2) is 4.98 Å². The first-order chi connectivity index (χ1) is 9.85. The minimum absolute atomic E-state index is 0.453. The number of methoxy groups -OCH3 is 1. The van der Waals surface area contributed by atoms with Crippen LogP contribution in [0.15, 0.2) is 18.2 Å². The van der Waals surface area contributed by atoms with E-state index >= 15 is 0 Å². The summed E-state index contributed by atoms with van der Waals surface area (Å²) < 4.78 is 7.79. The molecule has 108 valence electrons. The predicted octanol–water partition coefficient (Wildman–Crippen LogP) is 4.68. The Balaban J connectivity index is 2.12. The molecule has 0 aliphatic heterocycles. The van der Waals surface area contributed by atoms with Crippen LogP contribution in [0.3, 0.4) is 0 Å². The highest BCUT2D eigenvalue weighted by Gasteiger charge is 2.21. The number of aromatic nitrogens is 2. The molecule has 0 spiro atoms. The van der Waals surface area contributed by atoms with E-state index in [1.54, 1.807) is 7.11 Å². The van der Waals surface area contributed by atoms with Gasteiger partial charge in [-0.1, -0.05) is 31.7 Å². The second kappa shape index (κ2) is 6.04. The maximum absolute atomic E-state index is 6.13. The van der Waals surface area contributed by atoms with E-state index in [1.807, 2.05) is 12.1 Å². The number of alkyl halides is 1. The average Bonchev–Trinajstić information content (AvgIpc) is 2.67. The van der Waals surface area contributed by atoms with Crippen LogP contribution in [-0.2, 0) is 5.88 Å². The Hall–Kier alpha value is -1.22. The fourth-order valence-electron chi connectivity index (χ4n) is 3.32. The lowest BCUT2D eigenvalue weighted by molar-refractivity contribution is 0.419. The molecule has 1 fully saturated rings. The van der Waals surface area contributed by atoms with E-state index in [1.165, 1.54) is 38.5 Å². The smallest absolute Gasteiger partial charge is 0.146 e. The fraction of sp³-hybridized carbons (Fsp3) is 0.562. The van der Waals surface area contributed by atoms with Crippen molar-refractivity contribution in [2.24, 2.45) is 0 Å². The van der Waals surface area contributed by atoms with Crippen LogP contribution in [0.5, 0.6) is 5.75 Å². The topological polar surface area (TPSA) is 27.1 Å². The molecule has 0 atom stereocenters. The second-order valence-electron chi connectivity index (χ2n) is 5.51. The molecule has 1 aromatic heterocycles. The van der Waals surface area contributed by atoms with E-state index < -0.39 is 0 Å². The van der Waals surface area contributed by atoms with E-state index in [-0.39, 0.29) is 0 Å². The number of imidazole rings is 1. The van der Waals surface area contributed by atoms with Gasteiger partial charge < -0.3 is 9.30 Å². The number of hydrogen-bond donors (Lipinski definition) is 0. The summed E-state index contributed by atoms with van der Waals surface area (Å²) in [5.74, 6) is 2.26. The van der Waals surface area contributed by atoms with Gasteiger partial charge in [0, 0.05) is 6.04 Å². The van der Waals surface area contributed by atoms with Crippen LogP contribution in [0.1, 0.15) is 50.4 Å². The van der Waals surface area contributed by atoms with Gasteiger partial charge in [0.25, 0.3) is 0 Å². The molecular formula is C16H21ClN2O. The predicted molar refractivity (Wildman–Crippen MR) is 82.6 cm³/mol. The lowest BCUT2D eigenvalue weighted by Gasteiger charge is -2.19. The number of ether oxygens (including phenoxy) is 1. The van der Waals surface area contributed by atoms with Gasteiger partial charge in [0.05, 0.1) is 18.5 Å². The fourth-order valence-corrected chi connectivity index (χ4v) is 3.51. The van der Waals surface area contributed by atoms with Crippen LogP contribution in [0.2, 0.25) is 0 Å². The van der Waals surface area contributed by atoms with Crippen molar-refractivity contribution < 1.29 is 4.74 Å². The third-order valence-electron chi connectivity index (χ3n) is 4.29. The first kappa shape index (κ1) is 13.7.